The van der Waals surface area contributed by atoms with Crippen LogP contribution < -0.4 is 32.0 Å². The topological polar surface area (TPSA) is 198 Å². The number of hydrogen-bond acceptors (Lipinski definition) is 11. The van der Waals surface area contributed by atoms with Gasteiger partial charge in [-0.3, -0.25) is 9.59 Å². The van der Waals surface area contributed by atoms with Crippen molar-refractivity contribution in [3.05, 3.63) is 98.9 Å². The van der Waals surface area contributed by atoms with E-state index in [0.717, 1.165) is 35.8 Å². The standard InChI is InChI=1S/C13H11Cl2N3O2.C13H13ClN4O2.C4H8O.2CH4.H3N/c1-20-9-4-2-8(3-5-9)6-16-12(19)10-7-17-13(15)18-11(10)14;1-20-9-4-2-8(3-5-9)6-16-12(19)10-7-17-13(14)18-11(10)15;1-2-4-5-3-1;;;/h2-5,7H,6H2,1H3,(H,16,19);2-5,7H,6H2,1H3,(H,16,19)(H2,15,17,18);1-4H2;2*1H4;1H3. The number of carbonyl (C=O) groups excluding carboxylic acids is 2. The van der Waals surface area contributed by atoms with Crippen molar-refractivity contribution in [1.29, 1.82) is 0 Å². The Kier molecular flexibility index (Phi) is 21.1. The number of amides is 2. The van der Waals surface area contributed by atoms with E-state index in [4.69, 9.17) is 54.7 Å². The summed E-state index contributed by atoms with van der Waals surface area (Å²) in [5.41, 5.74) is 7.87. The summed E-state index contributed by atoms with van der Waals surface area (Å²) in [6.07, 6.45) is 5.15. The molecule has 7 N–H and O–H groups in total. The zero-order valence-electron chi connectivity index (χ0n) is 25.3. The maximum Gasteiger partial charge on any atom is 0.256 e. The fraction of sp³-hybridized carbons (Fsp3) is 0.312. The van der Waals surface area contributed by atoms with Gasteiger partial charge in [-0.2, -0.15) is 0 Å². The van der Waals surface area contributed by atoms with Crippen LogP contribution in [0.1, 0.15) is 59.5 Å². The molecule has 2 aromatic carbocycles. The van der Waals surface area contributed by atoms with Crippen LogP contribution in [0.4, 0.5) is 5.82 Å². The number of nitrogens with two attached hydrogens (primary N) is 1. The van der Waals surface area contributed by atoms with E-state index in [1.165, 1.54) is 25.2 Å². The third-order valence-electron chi connectivity index (χ3n) is 6.04. The van der Waals surface area contributed by atoms with Gasteiger partial charge >= 0.3 is 0 Å². The normalized spacial score (nSPS) is 10.9. The monoisotopic (exact) mass is 724 g/mol. The molecule has 1 fully saturated rings. The van der Waals surface area contributed by atoms with E-state index in [9.17, 15) is 9.59 Å². The largest absolute Gasteiger partial charge is 0.497 e. The number of rotatable bonds is 8. The summed E-state index contributed by atoms with van der Waals surface area (Å²) in [4.78, 5) is 38.8. The summed E-state index contributed by atoms with van der Waals surface area (Å²) < 4.78 is 15.1. The number of nitrogens with one attached hydrogen (secondary N) is 2. The van der Waals surface area contributed by atoms with Crippen LogP contribution in [-0.4, -0.2) is 59.2 Å². The molecule has 0 radical (unpaired) electrons. The van der Waals surface area contributed by atoms with Crippen molar-refractivity contribution in [2.24, 2.45) is 0 Å². The van der Waals surface area contributed by atoms with Crippen LogP contribution in [-0.2, 0) is 17.8 Å². The molecule has 13 nitrogen and oxygen atoms in total. The molecule has 0 atom stereocenters. The molecule has 16 heteroatoms. The molecule has 0 aliphatic carbocycles. The highest BCUT2D eigenvalue weighted by molar-refractivity contribution is 6.34. The van der Waals surface area contributed by atoms with Gasteiger partial charge in [-0.15, -0.1) is 0 Å². The van der Waals surface area contributed by atoms with Crippen LogP contribution in [0.3, 0.4) is 0 Å². The van der Waals surface area contributed by atoms with E-state index in [0.29, 0.717) is 13.1 Å². The quantitative estimate of drug-likeness (QED) is 0.113. The molecule has 48 heavy (non-hydrogen) atoms. The lowest BCUT2D eigenvalue weighted by Gasteiger charge is -2.07. The van der Waals surface area contributed by atoms with Gasteiger partial charge in [-0.1, -0.05) is 50.7 Å². The molecular weight excluding hydrogens is 683 g/mol. The molecule has 1 aliphatic heterocycles. The zero-order chi connectivity index (χ0) is 32.6. The van der Waals surface area contributed by atoms with Gasteiger partial charge in [0.25, 0.3) is 11.8 Å². The Bertz CT molecular complexity index is 1430. The van der Waals surface area contributed by atoms with Crippen LogP contribution in [0, 0.1) is 0 Å². The summed E-state index contributed by atoms with van der Waals surface area (Å²) in [5, 5.41) is 5.49. The molecule has 4 aromatic rings. The van der Waals surface area contributed by atoms with Crippen LogP contribution in [0.2, 0.25) is 15.7 Å². The second-order valence-electron chi connectivity index (χ2n) is 9.16. The van der Waals surface area contributed by atoms with E-state index in [2.05, 4.69) is 30.6 Å². The van der Waals surface area contributed by atoms with Gasteiger partial charge in [0.2, 0.25) is 10.6 Å². The van der Waals surface area contributed by atoms with E-state index < -0.39 is 0 Å². The molecule has 0 unspecified atom stereocenters. The van der Waals surface area contributed by atoms with Crippen molar-refractivity contribution >= 4 is 52.4 Å². The third kappa shape index (κ3) is 14.7. The minimum Gasteiger partial charge on any atom is -0.497 e. The van der Waals surface area contributed by atoms with Gasteiger partial charge in [-0.25, -0.2) is 19.9 Å². The van der Waals surface area contributed by atoms with Crippen LogP contribution in [0.25, 0.3) is 0 Å². The number of nitrogen functional groups attached to an aromatic ring is 1. The first-order valence-corrected chi connectivity index (χ1v) is 14.7. The molecule has 262 valence electrons. The van der Waals surface area contributed by atoms with Crippen LogP contribution >= 0.6 is 34.8 Å². The van der Waals surface area contributed by atoms with Gasteiger partial charge in [-0.05, 0) is 71.4 Å². The number of halogens is 3. The minimum atomic E-state index is -0.359. The number of methoxy groups -OCH3 is 2. The number of aromatic nitrogens is 4. The van der Waals surface area contributed by atoms with E-state index in [1.54, 1.807) is 14.2 Å². The smallest absolute Gasteiger partial charge is 0.256 e. The predicted octanol–water partition coefficient (Wildman–Crippen LogP) is 6.60. The van der Waals surface area contributed by atoms with Gasteiger partial charge in [0, 0.05) is 38.7 Å². The molecule has 0 bridgehead atoms. The van der Waals surface area contributed by atoms with Crippen molar-refractivity contribution in [1.82, 2.24) is 36.7 Å². The first-order chi connectivity index (χ1) is 21.7. The molecular formula is C32H43Cl3N8O5. The van der Waals surface area contributed by atoms with Gasteiger partial charge in [0.15, 0.2) is 0 Å². The average Bonchev–Trinajstić information content (AvgIpc) is 3.64. The van der Waals surface area contributed by atoms with E-state index in [-0.39, 0.29) is 65.5 Å². The first-order valence-electron chi connectivity index (χ1n) is 13.6. The van der Waals surface area contributed by atoms with Gasteiger partial charge < -0.3 is 36.7 Å². The number of carbonyl (C=O) groups is 2. The van der Waals surface area contributed by atoms with E-state index in [1.807, 2.05) is 48.5 Å². The van der Waals surface area contributed by atoms with Crippen molar-refractivity contribution in [3.63, 3.8) is 0 Å². The summed E-state index contributed by atoms with van der Waals surface area (Å²) in [5.74, 6) is 0.861. The Morgan fingerprint density at radius 3 is 1.54 bits per heavy atom. The lowest BCUT2D eigenvalue weighted by atomic mass is 10.2. The highest BCUT2D eigenvalue weighted by atomic mass is 35.5. The Labute approximate surface area is 296 Å². The number of hydrogen-bond donors (Lipinski definition) is 4. The summed E-state index contributed by atoms with van der Waals surface area (Å²) in [6.45, 7) is 2.73. The number of anilines is 1. The Morgan fingerprint density at radius 1 is 0.750 bits per heavy atom. The van der Waals surface area contributed by atoms with Crippen molar-refractivity contribution in [2.45, 2.75) is 40.8 Å². The van der Waals surface area contributed by atoms with Crippen molar-refractivity contribution in [2.75, 3.05) is 33.2 Å². The summed E-state index contributed by atoms with van der Waals surface area (Å²) in [6, 6.07) is 14.7. The zero-order valence-corrected chi connectivity index (χ0v) is 27.5. The van der Waals surface area contributed by atoms with Gasteiger partial charge in [0.1, 0.15) is 22.5 Å². The lowest BCUT2D eigenvalue weighted by Crippen LogP contribution is -2.24. The lowest BCUT2D eigenvalue weighted by molar-refractivity contribution is 0.0942. The van der Waals surface area contributed by atoms with Crippen molar-refractivity contribution < 1.29 is 23.8 Å². The molecule has 0 spiro atoms. The molecule has 3 heterocycles. The second-order valence-corrected chi connectivity index (χ2v) is 10.2. The fourth-order valence-corrected chi connectivity index (χ4v) is 4.12. The van der Waals surface area contributed by atoms with Crippen LogP contribution in [0.5, 0.6) is 11.5 Å². The molecule has 2 amide bonds. The minimum absolute atomic E-state index is 0. The Hall–Kier alpha value is -4.27. The predicted molar refractivity (Wildman–Crippen MR) is 190 cm³/mol. The van der Waals surface area contributed by atoms with Crippen LogP contribution in [0.15, 0.2) is 60.9 Å². The second kappa shape index (κ2) is 23.1. The average molecular weight is 726 g/mol. The highest BCUT2D eigenvalue weighted by Gasteiger charge is 2.13. The maximum absolute atomic E-state index is 11.9. The molecule has 0 saturated carbocycles. The maximum atomic E-state index is 11.9. The first kappa shape index (κ1) is 43.7. The summed E-state index contributed by atoms with van der Waals surface area (Å²) in [7, 11) is 3.19. The number of ether oxygens (including phenoxy) is 3. The van der Waals surface area contributed by atoms with Crippen molar-refractivity contribution in [3.8, 4) is 11.5 Å². The third-order valence-corrected chi connectivity index (χ3v) is 6.69. The SMILES string of the molecule is C.C.C1CCOC1.COc1ccc(CNC(=O)c2cnc(Cl)nc2Cl)cc1.COc1ccc(CNC(=O)c2cnc(Cl)nc2N)cc1.N. The summed E-state index contributed by atoms with van der Waals surface area (Å²) >= 11 is 17.0. The molecule has 2 aromatic heterocycles. The van der Waals surface area contributed by atoms with E-state index >= 15 is 0 Å². The fourth-order valence-electron chi connectivity index (χ4n) is 3.59. The Balaban J connectivity index is 0.000000760. The molecule has 1 aliphatic rings. The highest BCUT2D eigenvalue weighted by Crippen LogP contribution is 2.16. The number of benzene rings is 2. The molecule has 5 rings (SSSR count). The van der Waals surface area contributed by atoms with Gasteiger partial charge in [0.05, 0.1) is 25.3 Å². The Morgan fingerprint density at radius 2 is 1.17 bits per heavy atom. The number of nitrogens with zero attached hydrogens (tertiary/aromatic N) is 4. The molecule has 1 saturated heterocycles.